The first-order valence-electron chi connectivity index (χ1n) is 4.25. The molecule has 2 nitrogen and oxygen atoms in total. The number of halogens is 1. The van der Waals surface area contributed by atoms with Crippen LogP contribution in [0.25, 0.3) is 0 Å². The van der Waals surface area contributed by atoms with Gasteiger partial charge in [-0.3, -0.25) is 0 Å². The van der Waals surface area contributed by atoms with Gasteiger partial charge in [0.1, 0.15) is 0 Å². The predicted molar refractivity (Wildman–Crippen MR) is 43.2 cm³/mol. The standard InChI is InChI=1S/C8H18N2.ClH/c1-7(2)8-6-10(3)5-4-9-8;/h7-9H,4-6H2,1-3H3;1H. The summed E-state index contributed by atoms with van der Waals surface area (Å²) < 4.78 is 0. The Kier molecular flexibility index (Phi) is 5.06. The maximum Gasteiger partial charge on any atom is 0.0927 e. The van der Waals surface area contributed by atoms with Gasteiger partial charge in [-0.15, -0.1) is 0 Å². The normalized spacial score (nSPS) is 31.6. The molecule has 1 aliphatic heterocycles. The van der Waals surface area contributed by atoms with E-state index in [1.54, 1.807) is 4.90 Å². The number of rotatable bonds is 1. The Morgan fingerprint density at radius 1 is 1.45 bits per heavy atom. The maximum atomic E-state index is 3.53. The van der Waals surface area contributed by atoms with E-state index in [0.29, 0.717) is 0 Å². The van der Waals surface area contributed by atoms with Crippen molar-refractivity contribution in [1.29, 1.82) is 0 Å². The van der Waals surface area contributed by atoms with Gasteiger partial charge in [0.05, 0.1) is 26.2 Å². The minimum Gasteiger partial charge on any atom is -1.00 e. The Hall–Kier alpha value is 0.210. The summed E-state index contributed by atoms with van der Waals surface area (Å²) in [7, 11) is 2.27. The number of hydrogen-bond acceptors (Lipinski definition) is 1. The third kappa shape index (κ3) is 3.41. The summed E-state index contributed by atoms with van der Waals surface area (Å²) >= 11 is 0. The van der Waals surface area contributed by atoms with Crippen molar-refractivity contribution in [2.24, 2.45) is 5.92 Å². The molecular weight excluding hydrogens is 160 g/mol. The Morgan fingerprint density at radius 2 is 2.09 bits per heavy atom. The van der Waals surface area contributed by atoms with Gasteiger partial charge in [-0.25, -0.2) is 0 Å². The second kappa shape index (κ2) is 4.96. The Balaban J connectivity index is 0.000001000. The highest BCUT2D eigenvalue weighted by Gasteiger charge is 2.21. The Labute approximate surface area is 75.8 Å². The minimum atomic E-state index is 0. The van der Waals surface area contributed by atoms with Gasteiger partial charge in [0, 0.05) is 6.54 Å². The lowest BCUT2D eigenvalue weighted by Crippen LogP contribution is -3.13. The fourth-order valence-corrected chi connectivity index (χ4v) is 1.49. The molecule has 1 heterocycles. The Morgan fingerprint density at radius 3 is 2.45 bits per heavy atom. The van der Waals surface area contributed by atoms with E-state index in [1.807, 2.05) is 0 Å². The molecule has 0 radical (unpaired) electrons. The quantitative estimate of drug-likeness (QED) is 0.420. The smallest absolute Gasteiger partial charge is 0.0927 e. The summed E-state index contributed by atoms with van der Waals surface area (Å²) in [5.74, 6) is 0.787. The van der Waals surface area contributed by atoms with E-state index in [2.05, 4.69) is 26.2 Å². The van der Waals surface area contributed by atoms with Crippen molar-refractivity contribution < 1.29 is 17.3 Å². The summed E-state index contributed by atoms with van der Waals surface area (Å²) in [4.78, 5) is 1.66. The molecule has 68 valence electrons. The summed E-state index contributed by atoms with van der Waals surface area (Å²) in [5.41, 5.74) is 0. The highest BCUT2D eigenvalue weighted by atomic mass is 35.5. The van der Waals surface area contributed by atoms with Crippen LogP contribution in [0.4, 0.5) is 0 Å². The summed E-state index contributed by atoms with van der Waals surface area (Å²) in [5, 5.41) is 3.53. The maximum absolute atomic E-state index is 3.53. The van der Waals surface area contributed by atoms with Crippen molar-refractivity contribution in [2.45, 2.75) is 19.9 Å². The van der Waals surface area contributed by atoms with Gasteiger partial charge in [-0.2, -0.15) is 0 Å². The number of likely N-dealkylation sites (N-methyl/N-ethyl adjacent to an activating group) is 1. The highest BCUT2D eigenvalue weighted by Crippen LogP contribution is 1.99. The van der Waals surface area contributed by atoms with Gasteiger partial charge >= 0.3 is 0 Å². The molecule has 11 heavy (non-hydrogen) atoms. The Bertz CT molecular complexity index is 106. The molecule has 0 saturated carbocycles. The first-order valence-corrected chi connectivity index (χ1v) is 4.25. The highest BCUT2D eigenvalue weighted by molar-refractivity contribution is 4.71. The van der Waals surface area contributed by atoms with Crippen LogP contribution in [0.3, 0.4) is 0 Å². The van der Waals surface area contributed by atoms with E-state index in [-0.39, 0.29) is 12.4 Å². The molecule has 0 aromatic rings. The number of quaternary nitrogens is 1. The van der Waals surface area contributed by atoms with E-state index in [1.165, 1.54) is 19.6 Å². The SMILES string of the molecule is CC(C)C1C[NH+](C)CCN1.[Cl-]. The minimum absolute atomic E-state index is 0. The van der Waals surface area contributed by atoms with E-state index < -0.39 is 0 Å². The van der Waals surface area contributed by atoms with E-state index >= 15 is 0 Å². The topological polar surface area (TPSA) is 16.5 Å². The third-order valence-corrected chi connectivity index (χ3v) is 2.33. The molecule has 0 bridgehead atoms. The van der Waals surface area contributed by atoms with Crippen molar-refractivity contribution in [2.75, 3.05) is 26.7 Å². The van der Waals surface area contributed by atoms with Crippen LogP contribution in [0.15, 0.2) is 0 Å². The molecule has 2 unspecified atom stereocenters. The fraction of sp³-hybridized carbons (Fsp3) is 1.00. The molecular formula is C8H19ClN2. The largest absolute Gasteiger partial charge is 1.00 e. The summed E-state index contributed by atoms with van der Waals surface area (Å²) in [6.07, 6.45) is 0. The third-order valence-electron chi connectivity index (χ3n) is 2.33. The molecule has 0 spiro atoms. The number of nitrogens with one attached hydrogen (secondary N) is 2. The molecule has 2 atom stereocenters. The fourth-order valence-electron chi connectivity index (χ4n) is 1.49. The van der Waals surface area contributed by atoms with Crippen LogP contribution >= 0.6 is 0 Å². The van der Waals surface area contributed by atoms with Gasteiger partial charge < -0.3 is 22.6 Å². The number of piperazine rings is 1. The predicted octanol–water partition coefficient (Wildman–Crippen LogP) is -3.87. The van der Waals surface area contributed by atoms with Crippen molar-refractivity contribution >= 4 is 0 Å². The van der Waals surface area contributed by atoms with Gasteiger partial charge in [0.15, 0.2) is 0 Å². The summed E-state index contributed by atoms with van der Waals surface area (Å²) in [6.45, 7) is 8.34. The van der Waals surface area contributed by atoms with Crippen LogP contribution in [0.1, 0.15) is 13.8 Å². The lowest BCUT2D eigenvalue weighted by molar-refractivity contribution is -0.884. The second-order valence-corrected chi connectivity index (χ2v) is 3.72. The van der Waals surface area contributed by atoms with E-state index in [4.69, 9.17) is 0 Å². The van der Waals surface area contributed by atoms with Crippen LogP contribution in [-0.4, -0.2) is 32.7 Å². The van der Waals surface area contributed by atoms with E-state index in [0.717, 1.165) is 12.0 Å². The zero-order valence-electron chi connectivity index (χ0n) is 7.65. The van der Waals surface area contributed by atoms with Crippen LogP contribution in [-0.2, 0) is 0 Å². The molecule has 2 N–H and O–H groups in total. The molecule has 0 aliphatic carbocycles. The zero-order valence-corrected chi connectivity index (χ0v) is 8.41. The first-order chi connectivity index (χ1) is 4.70. The average molecular weight is 179 g/mol. The molecule has 1 fully saturated rings. The van der Waals surface area contributed by atoms with Gasteiger partial charge in [-0.05, 0) is 5.92 Å². The van der Waals surface area contributed by atoms with Gasteiger partial charge in [-0.1, -0.05) is 13.8 Å². The lowest BCUT2D eigenvalue weighted by atomic mass is 10.0. The second-order valence-electron chi connectivity index (χ2n) is 3.72. The van der Waals surface area contributed by atoms with Crippen molar-refractivity contribution in [3.05, 3.63) is 0 Å². The molecule has 0 aromatic heterocycles. The average Bonchev–Trinajstić information content (AvgIpc) is 1.88. The molecule has 0 amide bonds. The van der Waals surface area contributed by atoms with E-state index in [9.17, 15) is 0 Å². The first kappa shape index (κ1) is 11.2. The molecule has 3 heteroatoms. The van der Waals surface area contributed by atoms with Crippen LogP contribution in [0.5, 0.6) is 0 Å². The van der Waals surface area contributed by atoms with Gasteiger partial charge in [0.25, 0.3) is 0 Å². The monoisotopic (exact) mass is 178 g/mol. The van der Waals surface area contributed by atoms with Crippen LogP contribution in [0.2, 0.25) is 0 Å². The molecule has 1 saturated heterocycles. The van der Waals surface area contributed by atoms with Crippen LogP contribution < -0.4 is 22.6 Å². The lowest BCUT2D eigenvalue weighted by Gasteiger charge is -2.30. The van der Waals surface area contributed by atoms with Crippen molar-refractivity contribution in [3.63, 3.8) is 0 Å². The molecule has 0 aromatic carbocycles. The van der Waals surface area contributed by atoms with Crippen molar-refractivity contribution in [1.82, 2.24) is 5.32 Å². The number of hydrogen-bond donors (Lipinski definition) is 2. The van der Waals surface area contributed by atoms with Crippen LogP contribution in [0, 0.1) is 5.92 Å². The summed E-state index contributed by atoms with van der Waals surface area (Å²) in [6, 6.07) is 0.744. The van der Waals surface area contributed by atoms with Crippen molar-refractivity contribution in [3.8, 4) is 0 Å². The van der Waals surface area contributed by atoms with Gasteiger partial charge in [0.2, 0.25) is 0 Å². The zero-order chi connectivity index (χ0) is 7.56. The molecule has 1 rings (SSSR count). The molecule has 1 aliphatic rings.